The number of aldehydes is 1. The first kappa shape index (κ1) is 10.2. The maximum absolute atomic E-state index is 11.5. The molecule has 0 N–H and O–H groups in total. The Hall–Kier alpha value is -0.900. The number of rotatable bonds is 3. The van der Waals surface area contributed by atoms with E-state index in [-0.39, 0.29) is 11.9 Å². The van der Waals surface area contributed by atoms with Crippen molar-refractivity contribution < 1.29 is 9.59 Å². The van der Waals surface area contributed by atoms with Crippen molar-refractivity contribution in [2.75, 3.05) is 26.2 Å². The van der Waals surface area contributed by atoms with Crippen LogP contribution in [0.25, 0.3) is 0 Å². The number of hydrogen-bond donors (Lipinski definition) is 0. The van der Waals surface area contributed by atoms with E-state index >= 15 is 0 Å². The highest BCUT2D eigenvalue weighted by molar-refractivity contribution is 5.79. The van der Waals surface area contributed by atoms with E-state index in [0.717, 1.165) is 19.4 Å². The Kier molecular flexibility index (Phi) is 3.42. The van der Waals surface area contributed by atoms with Crippen LogP contribution in [0.2, 0.25) is 0 Å². The number of piperazine rings is 1. The molecule has 4 heteroatoms. The third-order valence-corrected chi connectivity index (χ3v) is 2.41. The molecule has 0 saturated carbocycles. The molecular formula is C9H16N2O2. The lowest BCUT2D eigenvalue weighted by Gasteiger charge is -2.38. The standard InChI is InChI=1S/C9H16N2O2/c1-3-11-8(2)6-10(4-5-12)7-9(11)13/h5,8H,3-4,6-7H2,1-2H3. The first-order valence-electron chi connectivity index (χ1n) is 4.64. The fourth-order valence-corrected chi connectivity index (χ4v) is 1.80. The van der Waals surface area contributed by atoms with Crippen molar-refractivity contribution in [2.45, 2.75) is 19.9 Å². The Morgan fingerprint density at radius 1 is 1.62 bits per heavy atom. The first-order chi connectivity index (χ1) is 6.19. The van der Waals surface area contributed by atoms with Crippen LogP contribution < -0.4 is 0 Å². The van der Waals surface area contributed by atoms with E-state index in [0.29, 0.717) is 13.1 Å². The van der Waals surface area contributed by atoms with Gasteiger partial charge in [0.05, 0.1) is 13.1 Å². The third-order valence-electron chi connectivity index (χ3n) is 2.41. The number of nitrogens with zero attached hydrogens (tertiary/aromatic N) is 2. The molecule has 0 radical (unpaired) electrons. The van der Waals surface area contributed by atoms with E-state index in [9.17, 15) is 9.59 Å². The van der Waals surface area contributed by atoms with Crippen molar-refractivity contribution in [1.29, 1.82) is 0 Å². The van der Waals surface area contributed by atoms with E-state index in [4.69, 9.17) is 0 Å². The average Bonchev–Trinajstić information content (AvgIpc) is 2.04. The van der Waals surface area contributed by atoms with E-state index in [1.165, 1.54) is 0 Å². The maximum atomic E-state index is 11.5. The largest absolute Gasteiger partial charge is 0.338 e. The van der Waals surface area contributed by atoms with Gasteiger partial charge >= 0.3 is 0 Å². The highest BCUT2D eigenvalue weighted by Crippen LogP contribution is 2.09. The minimum absolute atomic E-state index is 0.128. The van der Waals surface area contributed by atoms with E-state index < -0.39 is 0 Å². The Morgan fingerprint density at radius 3 is 2.77 bits per heavy atom. The molecule has 1 aliphatic rings. The highest BCUT2D eigenvalue weighted by Gasteiger charge is 2.27. The molecule has 74 valence electrons. The molecular weight excluding hydrogens is 168 g/mol. The van der Waals surface area contributed by atoms with Crippen LogP contribution >= 0.6 is 0 Å². The maximum Gasteiger partial charge on any atom is 0.237 e. The van der Waals surface area contributed by atoms with Gasteiger partial charge in [-0.05, 0) is 13.8 Å². The smallest absolute Gasteiger partial charge is 0.237 e. The van der Waals surface area contributed by atoms with Crippen LogP contribution in [0.3, 0.4) is 0 Å². The lowest BCUT2D eigenvalue weighted by Crippen LogP contribution is -2.55. The van der Waals surface area contributed by atoms with E-state index in [2.05, 4.69) is 0 Å². The predicted molar refractivity (Wildman–Crippen MR) is 49.4 cm³/mol. The molecule has 1 aliphatic heterocycles. The van der Waals surface area contributed by atoms with Crippen LogP contribution in [0.4, 0.5) is 0 Å². The van der Waals surface area contributed by atoms with Crippen molar-refractivity contribution in [2.24, 2.45) is 0 Å². The minimum atomic E-state index is 0.128. The van der Waals surface area contributed by atoms with Gasteiger partial charge < -0.3 is 9.69 Å². The molecule has 1 atom stereocenters. The summed E-state index contributed by atoms with van der Waals surface area (Å²) < 4.78 is 0. The van der Waals surface area contributed by atoms with Gasteiger partial charge in [0.2, 0.25) is 5.91 Å². The molecule has 4 nitrogen and oxygen atoms in total. The molecule has 1 amide bonds. The number of likely N-dealkylation sites (N-methyl/N-ethyl adjacent to an activating group) is 1. The van der Waals surface area contributed by atoms with Gasteiger partial charge in [0.15, 0.2) is 0 Å². The normalized spacial score (nSPS) is 24.9. The highest BCUT2D eigenvalue weighted by atomic mass is 16.2. The summed E-state index contributed by atoms with van der Waals surface area (Å²) in [4.78, 5) is 25.5. The van der Waals surface area contributed by atoms with Gasteiger partial charge in [0, 0.05) is 19.1 Å². The molecule has 13 heavy (non-hydrogen) atoms. The summed E-state index contributed by atoms with van der Waals surface area (Å²) in [5.74, 6) is 0.128. The Balaban J connectivity index is 2.55. The molecule has 0 aromatic rings. The van der Waals surface area contributed by atoms with Crippen LogP contribution in [0, 0.1) is 0 Å². The average molecular weight is 184 g/mol. The first-order valence-corrected chi connectivity index (χ1v) is 4.64. The van der Waals surface area contributed by atoms with Gasteiger partial charge in [-0.3, -0.25) is 9.69 Å². The molecule has 0 aliphatic carbocycles. The van der Waals surface area contributed by atoms with Gasteiger partial charge in [-0.15, -0.1) is 0 Å². The molecule has 0 spiro atoms. The lowest BCUT2D eigenvalue weighted by molar-refractivity contribution is -0.139. The van der Waals surface area contributed by atoms with E-state index in [1.54, 1.807) is 0 Å². The number of carbonyl (C=O) groups is 2. The summed E-state index contributed by atoms with van der Waals surface area (Å²) in [7, 11) is 0. The molecule has 0 bridgehead atoms. The van der Waals surface area contributed by atoms with Gasteiger partial charge in [-0.2, -0.15) is 0 Å². The molecule has 1 saturated heterocycles. The quantitative estimate of drug-likeness (QED) is 0.567. The molecule has 1 fully saturated rings. The van der Waals surface area contributed by atoms with Crippen molar-refractivity contribution in [1.82, 2.24) is 9.80 Å². The second-order valence-corrected chi connectivity index (χ2v) is 3.39. The molecule has 1 rings (SSSR count). The van der Waals surface area contributed by atoms with Crippen LogP contribution in [0.1, 0.15) is 13.8 Å². The zero-order valence-electron chi connectivity index (χ0n) is 8.19. The SMILES string of the molecule is CCN1C(=O)CN(CC=O)CC1C. The van der Waals surface area contributed by atoms with E-state index in [1.807, 2.05) is 23.6 Å². The van der Waals surface area contributed by atoms with Crippen molar-refractivity contribution in [3.8, 4) is 0 Å². The summed E-state index contributed by atoms with van der Waals surface area (Å²) in [6.45, 7) is 6.31. The molecule has 1 heterocycles. The Morgan fingerprint density at radius 2 is 2.31 bits per heavy atom. The third kappa shape index (κ3) is 2.28. The monoisotopic (exact) mass is 184 g/mol. The summed E-state index contributed by atoms with van der Waals surface area (Å²) in [6.07, 6.45) is 0.849. The minimum Gasteiger partial charge on any atom is -0.338 e. The summed E-state index contributed by atoms with van der Waals surface area (Å²) in [6, 6.07) is 0.228. The molecule has 1 unspecified atom stereocenters. The lowest BCUT2D eigenvalue weighted by atomic mass is 10.2. The zero-order chi connectivity index (χ0) is 9.84. The Bertz CT molecular complexity index is 206. The fraction of sp³-hybridized carbons (Fsp3) is 0.778. The van der Waals surface area contributed by atoms with Crippen molar-refractivity contribution >= 4 is 12.2 Å². The van der Waals surface area contributed by atoms with Gasteiger partial charge in [-0.1, -0.05) is 0 Å². The van der Waals surface area contributed by atoms with Crippen LogP contribution in [-0.4, -0.2) is 54.2 Å². The van der Waals surface area contributed by atoms with Gasteiger partial charge in [0.25, 0.3) is 0 Å². The molecule has 0 aromatic heterocycles. The van der Waals surface area contributed by atoms with Gasteiger partial charge in [-0.25, -0.2) is 0 Å². The topological polar surface area (TPSA) is 40.6 Å². The number of hydrogen-bond acceptors (Lipinski definition) is 3. The zero-order valence-corrected chi connectivity index (χ0v) is 8.19. The van der Waals surface area contributed by atoms with Crippen molar-refractivity contribution in [3.05, 3.63) is 0 Å². The van der Waals surface area contributed by atoms with Crippen LogP contribution in [0.15, 0.2) is 0 Å². The summed E-state index contributed by atoms with van der Waals surface area (Å²) in [5, 5.41) is 0. The van der Waals surface area contributed by atoms with Crippen LogP contribution in [-0.2, 0) is 9.59 Å². The summed E-state index contributed by atoms with van der Waals surface area (Å²) in [5.41, 5.74) is 0. The summed E-state index contributed by atoms with van der Waals surface area (Å²) >= 11 is 0. The Labute approximate surface area is 78.5 Å². The van der Waals surface area contributed by atoms with Gasteiger partial charge in [0.1, 0.15) is 6.29 Å². The van der Waals surface area contributed by atoms with Crippen LogP contribution in [0.5, 0.6) is 0 Å². The second-order valence-electron chi connectivity index (χ2n) is 3.39. The van der Waals surface area contributed by atoms with Crippen molar-refractivity contribution in [3.63, 3.8) is 0 Å². The fourth-order valence-electron chi connectivity index (χ4n) is 1.80. The number of amides is 1. The predicted octanol–water partition coefficient (Wildman–Crippen LogP) is -0.262. The molecule has 0 aromatic carbocycles. The second kappa shape index (κ2) is 4.37. The number of carbonyl (C=O) groups excluding carboxylic acids is 2.